The summed E-state index contributed by atoms with van der Waals surface area (Å²) in [6.45, 7) is 4.45. The number of nitrogens with zero attached hydrogens (tertiary/aromatic N) is 7. The van der Waals surface area contributed by atoms with Crippen LogP contribution in [0.5, 0.6) is 0 Å². The highest BCUT2D eigenvalue weighted by molar-refractivity contribution is 5.76. The largest absolute Gasteiger partial charge is 0.378 e. The van der Waals surface area contributed by atoms with E-state index in [4.69, 9.17) is 9.72 Å². The molecule has 36 heavy (non-hydrogen) atoms. The molecule has 4 aromatic rings. The number of benzene rings is 1. The minimum Gasteiger partial charge on any atom is -0.378 e. The van der Waals surface area contributed by atoms with E-state index in [0.717, 1.165) is 55.7 Å². The predicted molar refractivity (Wildman–Crippen MR) is 135 cm³/mol. The Balaban J connectivity index is 1.12. The molecule has 6 rings (SSSR count). The smallest absolute Gasteiger partial charge is 0.230 e. The molecule has 186 valence electrons. The lowest BCUT2D eigenvalue weighted by atomic mass is 10.2. The van der Waals surface area contributed by atoms with E-state index in [1.165, 1.54) is 5.69 Å². The minimum absolute atomic E-state index is 0.0695. The molecule has 11 nitrogen and oxygen atoms in total. The number of nitrogens with one attached hydrogen (secondary N) is 2. The molecule has 1 aliphatic carbocycles. The maximum Gasteiger partial charge on any atom is 0.230 e. The van der Waals surface area contributed by atoms with Crippen molar-refractivity contribution in [2.75, 3.05) is 36.5 Å². The molecule has 0 radical (unpaired) electrons. The van der Waals surface area contributed by atoms with Crippen LogP contribution in [-0.4, -0.2) is 67.8 Å². The van der Waals surface area contributed by atoms with E-state index in [-0.39, 0.29) is 5.91 Å². The summed E-state index contributed by atoms with van der Waals surface area (Å²) in [5.74, 6) is 1.14. The fourth-order valence-corrected chi connectivity index (χ4v) is 4.30. The quantitative estimate of drug-likeness (QED) is 0.370. The van der Waals surface area contributed by atoms with E-state index in [2.05, 4.69) is 55.0 Å². The van der Waals surface area contributed by atoms with Crippen molar-refractivity contribution in [3.05, 3.63) is 54.5 Å². The number of ether oxygens (including phenoxy) is 1. The molecule has 2 N–H and O–H groups in total. The third kappa shape index (κ3) is 5.30. The van der Waals surface area contributed by atoms with Crippen molar-refractivity contribution in [2.45, 2.75) is 38.4 Å². The Morgan fingerprint density at radius 1 is 1.14 bits per heavy atom. The van der Waals surface area contributed by atoms with Gasteiger partial charge in [-0.05, 0) is 30.5 Å². The predicted octanol–water partition coefficient (Wildman–Crippen LogP) is 2.32. The van der Waals surface area contributed by atoms with E-state index in [1.807, 2.05) is 16.9 Å². The molecule has 1 aromatic carbocycles. The highest BCUT2D eigenvalue weighted by Gasteiger charge is 2.23. The average molecular weight is 488 g/mol. The molecule has 3 aromatic heterocycles. The zero-order chi connectivity index (χ0) is 24.3. The van der Waals surface area contributed by atoms with E-state index >= 15 is 0 Å². The van der Waals surface area contributed by atoms with Crippen LogP contribution in [-0.2, 0) is 22.6 Å². The fraction of sp³-hybridized carbons (Fsp3) is 0.400. The number of amides is 1. The lowest BCUT2D eigenvalue weighted by Gasteiger charge is -2.29. The molecule has 1 saturated heterocycles. The molecule has 11 heteroatoms. The van der Waals surface area contributed by atoms with Gasteiger partial charge in [-0.15, -0.1) is 0 Å². The number of fused-ring (bicyclic) bond motifs is 1. The van der Waals surface area contributed by atoms with Gasteiger partial charge in [-0.2, -0.15) is 15.2 Å². The number of morpholine rings is 1. The number of rotatable bonds is 9. The van der Waals surface area contributed by atoms with Gasteiger partial charge in [0.05, 0.1) is 31.3 Å². The van der Waals surface area contributed by atoms with Crippen molar-refractivity contribution >= 4 is 34.4 Å². The standard InChI is InChI=1S/C25H29N9O2/c35-23(28-20-4-5-20)7-9-33-8-6-22(31-33)29-25-26-15-19-16-27-34(24(19)30-25)17-18-2-1-3-21(14-18)32-10-12-36-13-11-32/h1-3,6,8,14-16,20H,4-5,7,9-13,17H2,(H,28,35)(H,26,29,30,31). The molecule has 4 heterocycles. The second-order valence-electron chi connectivity index (χ2n) is 9.22. The third-order valence-corrected chi connectivity index (χ3v) is 6.39. The van der Waals surface area contributed by atoms with Gasteiger partial charge in [0.1, 0.15) is 0 Å². The topological polar surface area (TPSA) is 115 Å². The number of carbonyl (C=O) groups excluding carboxylic acids is 1. The van der Waals surface area contributed by atoms with E-state index < -0.39 is 0 Å². The third-order valence-electron chi connectivity index (χ3n) is 6.39. The highest BCUT2D eigenvalue weighted by atomic mass is 16.5. The minimum atomic E-state index is 0.0695. The number of hydrogen-bond acceptors (Lipinski definition) is 8. The number of anilines is 3. The van der Waals surface area contributed by atoms with E-state index in [0.29, 0.717) is 37.3 Å². The van der Waals surface area contributed by atoms with Gasteiger partial charge < -0.3 is 20.3 Å². The normalized spacial score (nSPS) is 15.8. The number of carbonyl (C=O) groups is 1. The molecule has 0 atom stereocenters. The summed E-state index contributed by atoms with van der Waals surface area (Å²) in [6, 6.07) is 10.8. The van der Waals surface area contributed by atoms with Crippen LogP contribution in [0.2, 0.25) is 0 Å². The summed E-state index contributed by atoms with van der Waals surface area (Å²) < 4.78 is 9.11. The Bertz CT molecular complexity index is 1350. The number of aryl methyl sites for hydroxylation is 1. The van der Waals surface area contributed by atoms with Crippen LogP contribution in [0.15, 0.2) is 48.9 Å². The summed E-state index contributed by atoms with van der Waals surface area (Å²) in [7, 11) is 0. The van der Waals surface area contributed by atoms with Crippen molar-refractivity contribution in [3.8, 4) is 0 Å². The van der Waals surface area contributed by atoms with Gasteiger partial charge in [-0.1, -0.05) is 12.1 Å². The van der Waals surface area contributed by atoms with Crippen LogP contribution < -0.4 is 15.5 Å². The summed E-state index contributed by atoms with van der Waals surface area (Å²) in [5, 5.41) is 16.1. The van der Waals surface area contributed by atoms with Gasteiger partial charge >= 0.3 is 0 Å². The van der Waals surface area contributed by atoms with Gasteiger partial charge in [0.15, 0.2) is 11.5 Å². The zero-order valence-electron chi connectivity index (χ0n) is 20.0. The van der Waals surface area contributed by atoms with Gasteiger partial charge in [0.2, 0.25) is 11.9 Å². The SMILES string of the molecule is O=C(CCn1ccc(Nc2ncc3cnn(Cc4cccc(N5CCOCC5)c4)c3n2)n1)NC1CC1. The molecule has 0 bridgehead atoms. The molecular formula is C25H29N9O2. The Morgan fingerprint density at radius 2 is 2.03 bits per heavy atom. The van der Waals surface area contributed by atoms with Gasteiger partial charge in [-0.3, -0.25) is 9.48 Å². The molecule has 0 spiro atoms. The van der Waals surface area contributed by atoms with Crippen molar-refractivity contribution in [2.24, 2.45) is 0 Å². The summed E-state index contributed by atoms with van der Waals surface area (Å²) in [4.78, 5) is 23.4. The first-order chi connectivity index (χ1) is 17.7. The van der Waals surface area contributed by atoms with Crippen LogP contribution in [0, 0.1) is 0 Å². The Kier molecular flexibility index (Phi) is 6.20. The van der Waals surface area contributed by atoms with Crippen LogP contribution in [0.3, 0.4) is 0 Å². The summed E-state index contributed by atoms with van der Waals surface area (Å²) in [5.41, 5.74) is 3.10. The average Bonchev–Trinajstić information content (AvgIpc) is 3.46. The molecular weight excluding hydrogens is 458 g/mol. The first-order valence-electron chi connectivity index (χ1n) is 12.4. The van der Waals surface area contributed by atoms with E-state index in [9.17, 15) is 4.79 Å². The van der Waals surface area contributed by atoms with Gasteiger partial charge in [0.25, 0.3) is 0 Å². The van der Waals surface area contributed by atoms with Crippen LogP contribution in [0.25, 0.3) is 11.0 Å². The summed E-state index contributed by atoms with van der Waals surface area (Å²) in [6.07, 6.45) is 7.98. The van der Waals surface area contributed by atoms with Gasteiger partial charge in [0, 0.05) is 56.2 Å². The van der Waals surface area contributed by atoms with Crippen LogP contribution in [0.1, 0.15) is 24.8 Å². The second-order valence-corrected chi connectivity index (χ2v) is 9.22. The molecule has 2 fully saturated rings. The monoisotopic (exact) mass is 487 g/mol. The van der Waals surface area contributed by atoms with Crippen LogP contribution >= 0.6 is 0 Å². The molecule has 1 aliphatic heterocycles. The molecule has 0 unspecified atom stereocenters. The second kappa shape index (κ2) is 9.94. The zero-order valence-corrected chi connectivity index (χ0v) is 20.0. The van der Waals surface area contributed by atoms with Crippen LogP contribution in [0.4, 0.5) is 17.5 Å². The molecule has 2 aliphatic rings. The summed E-state index contributed by atoms with van der Waals surface area (Å²) >= 11 is 0. The molecule has 1 saturated carbocycles. The maximum atomic E-state index is 11.9. The lowest BCUT2D eigenvalue weighted by molar-refractivity contribution is -0.121. The Labute approximate surface area is 208 Å². The first kappa shape index (κ1) is 22.5. The fourth-order valence-electron chi connectivity index (χ4n) is 4.30. The van der Waals surface area contributed by atoms with Crippen molar-refractivity contribution < 1.29 is 9.53 Å². The van der Waals surface area contributed by atoms with Gasteiger partial charge in [-0.25, -0.2) is 9.67 Å². The Hall–Kier alpha value is -3.99. The number of aromatic nitrogens is 6. The lowest BCUT2D eigenvalue weighted by Crippen LogP contribution is -2.36. The van der Waals surface area contributed by atoms with Crippen molar-refractivity contribution in [1.29, 1.82) is 0 Å². The highest BCUT2D eigenvalue weighted by Crippen LogP contribution is 2.21. The Morgan fingerprint density at radius 3 is 2.89 bits per heavy atom. The first-order valence-corrected chi connectivity index (χ1v) is 12.4. The maximum absolute atomic E-state index is 11.9. The van der Waals surface area contributed by atoms with Crippen molar-refractivity contribution in [3.63, 3.8) is 0 Å². The number of hydrogen-bond donors (Lipinski definition) is 2. The molecule has 1 amide bonds. The van der Waals surface area contributed by atoms with Crippen molar-refractivity contribution in [1.82, 2.24) is 34.8 Å². The van der Waals surface area contributed by atoms with E-state index in [1.54, 1.807) is 17.1 Å².